The number of benzene rings is 1. The van der Waals surface area contributed by atoms with E-state index in [0.717, 1.165) is 6.07 Å². The van der Waals surface area contributed by atoms with Crippen molar-refractivity contribution in [2.24, 2.45) is 0 Å². The van der Waals surface area contributed by atoms with Crippen molar-refractivity contribution in [3.8, 4) is 6.07 Å². The first kappa shape index (κ1) is 12.1. The highest BCUT2D eigenvalue weighted by Gasteiger charge is 2.12. The first-order valence-corrected chi connectivity index (χ1v) is 4.62. The van der Waals surface area contributed by atoms with Gasteiger partial charge in [0.1, 0.15) is 11.9 Å². The Labute approximate surface area is 92.6 Å². The molecule has 1 amide bonds. The topological polar surface area (TPSA) is 62.1 Å². The molecule has 0 aliphatic carbocycles. The highest BCUT2D eigenvalue weighted by atomic mass is 19.1. The summed E-state index contributed by atoms with van der Waals surface area (Å²) < 4.78 is 17.6. The standard InChI is InChI=1S/C11H11FN2O2/c1-16-7-10(6-13)14-11(15)8-3-2-4-9(12)5-8/h2-5,10H,7H2,1H3,(H,14,15). The van der Waals surface area contributed by atoms with Crippen molar-refractivity contribution < 1.29 is 13.9 Å². The minimum atomic E-state index is -0.735. The fourth-order valence-electron chi connectivity index (χ4n) is 1.15. The van der Waals surface area contributed by atoms with E-state index in [0.29, 0.717) is 0 Å². The van der Waals surface area contributed by atoms with E-state index in [9.17, 15) is 9.18 Å². The fraction of sp³-hybridized carbons (Fsp3) is 0.273. The van der Waals surface area contributed by atoms with Gasteiger partial charge in [0.25, 0.3) is 5.91 Å². The number of nitrogens with zero attached hydrogens (tertiary/aromatic N) is 1. The third-order valence-corrected chi connectivity index (χ3v) is 1.88. The number of hydrogen-bond acceptors (Lipinski definition) is 3. The number of halogens is 1. The zero-order valence-corrected chi connectivity index (χ0v) is 8.74. The summed E-state index contributed by atoms with van der Waals surface area (Å²) >= 11 is 0. The Balaban J connectivity index is 2.69. The Morgan fingerprint density at radius 3 is 3.00 bits per heavy atom. The van der Waals surface area contributed by atoms with Gasteiger partial charge in [0.15, 0.2) is 0 Å². The van der Waals surface area contributed by atoms with Crippen LogP contribution < -0.4 is 5.32 Å². The van der Waals surface area contributed by atoms with Gasteiger partial charge in [-0.05, 0) is 18.2 Å². The van der Waals surface area contributed by atoms with Gasteiger partial charge in [-0.1, -0.05) is 6.07 Å². The van der Waals surface area contributed by atoms with Crippen LogP contribution in [0, 0.1) is 17.1 Å². The molecule has 0 aromatic heterocycles. The molecule has 5 heteroatoms. The third kappa shape index (κ3) is 3.33. The van der Waals surface area contributed by atoms with Crippen LogP contribution in [0.4, 0.5) is 4.39 Å². The van der Waals surface area contributed by atoms with Crippen molar-refractivity contribution in [2.75, 3.05) is 13.7 Å². The van der Waals surface area contributed by atoms with Crippen molar-refractivity contribution in [1.82, 2.24) is 5.32 Å². The van der Waals surface area contributed by atoms with Gasteiger partial charge in [-0.2, -0.15) is 5.26 Å². The maximum absolute atomic E-state index is 12.8. The molecule has 1 aromatic rings. The molecule has 1 atom stereocenters. The lowest BCUT2D eigenvalue weighted by Crippen LogP contribution is -2.36. The van der Waals surface area contributed by atoms with E-state index in [2.05, 4.69) is 5.32 Å². The highest BCUT2D eigenvalue weighted by molar-refractivity contribution is 5.94. The fourth-order valence-corrected chi connectivity index (χ4v) is 1.15. The van der Waals surface area contributed by atoms with Crippen LogP contribution in [-0.4, -0.2) is 25.7 Å². The summed E-state index contributed by atoms with van der Waals surface area (Å²) in [6.45, 7) is 0.0948. The molecule has 16 heavy (non-hydrogen) atoms. The van der Waals surface area contributed by atoms with Crippen LogP contribution in [0.2, 0.25) is 0 Å². The number of carbonyl (C=O) groups excluding carboxylic acids is 1. The number of nitriles is 1. The largest absolute Gasteiger partial charge is 0.381 e. The summed E-state index contributed by atoms with van der Waals surface area (Å²) in [7, 11) is 1.43. The zero-order valence-electron chi connectivity index (χ0n) is 8.74. The number of rotatable bonds is 4. The second kappa shape index (κ2) is 5.83. The number of ether oxygens (including phenoxy) is 1. The predicted octanol–water partition coefficient (Wildman–Crippen LogP) is 1.09. The smallest absolute Gasteiger partial charge is 0.252 e. The lowest BCUT2D eigenvalue weighted by Gasteiger charge is -2.10. The lowest BCUT2D eigenvalue weighted by atomic mass is 10.2. The number of methoxy groups -OCH3 is 1. The Morgan fingerprint density at radius 2 is 2.44 bits per heavy atom. The highest BCUT2D eigenvalue weighted by Crippen LogP contribution is 2.03. The minimum Gasteiger partial charge on any atom is -0.381 e. The van der Waals surface area contributed by atoms with Gasteiger partial charge in [0, 0.05) is 12.7 Å². The first-order chi connectivity index (χ1) is 7.67. The average Bonchev–Trinajstić information content (AvgIpc) is 2.28. The molecular weight excluding hydrogens is 211 g/mol. The van der Waals surface area contributed by atoms with Gasteiger partial charge in [0.2, 0.25) is 0 Å². The SMILES string of the molecule is COCC(C#N)NC(=O)c1cccc(F)c1. The zero-order chi connectivity index (χ0) is 12.0. The Hall–Kier alpha value is -1.93. The molecular formula is C11H11FN2O2. The minimum absolute atomic E-state index is 0.0948. The summed E-state index contributed by atoms with van der Waals surface area (Å²) in [4.78, 5) is 11.6. The molecule has 0 bridgehead atoms. The van der Waals surface area contributed by atoms with Gasteiger partial charge < -0.3 is 10.1 Å². The Bertz CT molecular complexity index is 415. The molecule has 4 nitrogen and oxygen atoms in total. The summed E-state index contributed by atoms with van der Waals surface area (Å²) in [6.07, 6.45) is 0. The van der Waals surface area contributed by atoms with Crippen LogP contribution in [0.15, 0.2) is 24.3 Å². The average molecular weight is 222 g/mol. The van der Waals surface area contributed by atoms with E-state index in [1.165, 1.54) is 25.3 Å². The maximum atomic E-state index is 12.8. The molecule has 0 aliphatic heterocycles. The molecule has 1 aromatic carbocycles. The molecule has 0 fully saturated rings. The second-order valence-electron chi connectivity index (χ2n) is 3.12. The predicted molar refractivity (Wildman–Crippen MR) is 55.1 cm³/mol. The van der Waals surface area contributed by atoms with Crippen LogP contribution in [0.3, 0.4) is 0 Å². The van der Waals surface area contributed by atoms with Crippen LogP contribution in [0.1, 0.15) is 10.4 Å². The summed E-state index contributed by atoms with van der Waals surface area (Å²) in [5, 5.41) is 11.1. The van der Waals surface area contributed by atoms with Crippen molar-refractivity contribution in [1.29, 1.82) is 5.26 Å². The number of carbonyl (C=O) groups is 1. The van der Waals surface area contributed by atoms with Crippen LogP contribution >= 0.6 is 0 Å². The molecule has 0 saturated carbocycles. The lowest BCUT2D eigenvalue weighted by molar-refractivity contribution is 0.0918. The molecule has 1 unspecified atom stereocenters. The molecule has 0 saturated heterocycles. The van der Waals surface area contributed by atoms with Crippen LogP contribution in [0.25, 0.3) is 0 Å². The van der Waals surface area contributed by atoms with Gasteiger partial charge >= 0.3 is 0 Å². The molecule has 0 aliphatic rings. The Kier molecular flexibility index (Phi) is 4.42. The van der Waals surface area contributed by atoms with Crippen molar-refractivity contribution >= 4 is 5.91 Å². The quantitative estimate of drug-likeness (QED) is 0.829. The third-order valence-electron chi connectivity index (χ3n) is 1.88. The van der Waals surface area contributed by atoms with Crippen LogP contribution in [-0.2, 0) is 4.74 Å². The van der Waals surface area contributed by atoms with E-state index in [4.69, 9.17) is 10.00 Å². The normalized spacial score (nSPS) is 11.6. The van der Waals surface area contributed by atoms with E-state index in [-0.39, 0.29) is 12.2 Å². The number of nitrogens with one attached hydrogen (secondary N) is 1. The number of amides is 1. The van der Waals surface area contributed by atoms with Gasteiger partial charge in [-0.25, -0.2) is 4.39 Å². The van der Waals surface area contributed by atoms with Crippen molar-refractivity contribution in [3.63, 3.8) is 0 Å². The van der Waals surface area contributed by atoms with Gasteiger partial charge in [-0.15, -0.1) is 0 Å². The molecule has 0 heterocycles. The Morgan fingerprint density at radius 1 is 1.69 bits per heavy atom. The van der Waals surface area contributed by atoms with E-state index in [1.807, 2.05) is 6.07 Å². The summed E-state index contributed by atoms with van der Waals surface area (Å²) in [5.74, 6) is -0.990. The molecule has 84 valence electrons. The van der Waals surface area contributed by atoms with Gasteiger partial charge in [0.05, 0.1) is 12.7 Å². The first-order valence-electron chi connectivity index (χ1n) is 4.62. The molecule has 1 N–H and O–H groups in total. The molecule has 0 radical (unpaired) electrons. The molecule has 0 spiro atoms. The van der Waals surface area contributed by atoms with Crippen molar-refractivity contribution in [3.05, 3.63) is 35.6 Å². The van der Waals surface area contributed by atoms with E-state index >= 15 is 0 Å². The van der Waals surface area contributed by atoms with Crippen molar-refractivity contribution in [2.45, 2.75) is 6.04 Å². The summed E-state index contributed by atoms with van der Waals surface area (Å²) in [5.41, 5.74) is 0.177. The molecule has 1 rings (SSSR count). The van der Waals surface area contributed by atoms with Crippen LogP contribution in [0.5, 0.6) is 0 Å². The monoisotopic (exact) mass is 222 g/mol. The van der Waals surface area contributed by atoms with E-state index in [1.54, 1.807) is 0 Å². The maximum Gasteiger partial charge on any atom is 0.252 e. The second-order valence-corrected chi connectivity index (χ2v) is 3.12. The van der Waals surface area contributed by atoms with Gasteiger partial charge in [-0.3, -0.25) is 4.79 Å². The van der Waals surface area contributed by atoms with E-state index < -0.39 is 17.8 Å². The number of hydrogen-bond donors (Lipinski definition) is 1. The summed E-state index contributed by atoms with van der Waals surface area (Å²) in [6, 6.07) is 6.39.